The van der Waals surface area contributed by atoms with Gasteiger partial charge in [0.1, 0.15) is 5.75 Å². The molecule has 5 nitrogen and oxygen atoms in total. The van der Waals surface area contributed by atoms with Crippen LogP contribution >= 0.6 is 0 Å². The number of methoxy groups -OCH3 is 2. The van der Waals surface area contributed by atoms with Crippen molar-refractivity contribution in [3.05, 3.63) is 83.9 Å². The molecule has 0 spiro atoms. The largest absolute Gasteiger partial charge is 0.497 e. The van der Waals surface area contributed by atoms with Crippen molar-refractivity contribution < 1.29 is 9.47 Å². The van der Waals surface area contributed by atoms with Gasteiger partial charge < -0.3 is 19.7 Å². The minimum absolute atomic E-state index is 0.663. The number of hydrogen-bond donors (Lipinski definition) is 1. The van der Waals surface area contributed by atoms with E-state index in [1.165, 1.54) is 5.56 Å². The standard InChI is InChI=1S/C21H23N3O2.C2H6/c1-15-10-11-18(25-3)12-19(15)23-21-22-16(2)20(26-4)14-24(21)13-17-8-6-5-7-9-17;1-2/h5-12,14H,2,13H2,1,3-4H3,(H,22,23);1-2H3. The van der Waals surface area contributed by atoms with E-state index in [0.717, 1.165) is 17.0 Å². The summed E-state index contributed by atoms with van der Waals surface area (Å²) in [6, 6.07) is 16.1. The first-order valence-corrected chi connectivity index (χ1v) is 9.36. The Hall–Kier alpha value is -3.21. The van der Waals surface area contributed by atoms with Gasteiger partial charge in [-0.05, 0) is 24.1 Å². The first-order valence-electron chi connectivity index (χ1n) is 9.36. The van der Waals surface area contributed by atoms with E-state index in [2.05, 4.69) is 24.0 Å². The summed E-state index contributed by atoms with van der Waals surface area (Å²) in [6.07, 6.45) is 1.92. The molecular formula is C23H29N3O2. The van der Waals surface area contributed by atoms with Gasteiger partial charge >= 0.3 is 0 Å². The number of rotatable bonds is 5. The van der Waals surface area contributed by atoms with Crippen molar-refractivity contribution in [1.82, 2.24) is 10.2 Å². The van der Waals surface area contributed by atoms with E-state index in [0.29, 0.717) is 24.0 Å². The Kier molecular flexibility index (Phi) is 7.69. The van der Waals surface area contributed by atoms with Crippen LogP contribution in [0.25, 0.3) is 0 Å². The quantitative estimate of drug-likeness (QED) is 0.783. The molecule has 28 heavy (non-hydrogen) atoms. The minimum Gasteiger partial charge on any atom is -0.497 e. The smallest absolute Gasteiger partial charge is 0.208 e. The van der Waals surface area contributed by atoms with Gasteiger partial charge in [-0.2, -0.15) is 0 Å². The second-order valence-electron chi connectivity index (χ2n) is 6.00. The maximum Gasteiger partial charge on any atom is 0.208 e. The summed E-state index contributed by atoms with van der Waals surface area (Å²) >= 11 is 0. The predicted octanol–water partition coefficient (Wildman–Crippen LogP) is 5.12. The summed E-state index contributed by atoms with van der Waals surface area (Å²) in [4.78, 5) is 6.83. The molecule has 1 aliphatic heterocycles. The van der Waals surface area contributed by atoms with E-state index in [-0.39, 0.29) is 0 Å². The molecule has 1 N–H and O–H groups in total. The molecule has 2 aromatic rings. The van der Waals surface area contributed by atoms with Gasteiger partial charge in [-0.25, -0.2) is 4.99 Å². The van der Waals surface area contributed by atoms with Gasteiger partial charge in [0, 0.05) is 6.07 Å². The molecule has 0 fully saturated rings. The highest BCUT2D eigenvalue weighted by atomic mass is 16.5. The van der Waals surface area contributed by atoms with Gasteiger partial charge in [0.25, 0.3) is 0 Å². The third-order valence-electron chi connectivity index (χ3n) is 4.16. The van der Waals surface area contributed by atoms with Crippen LogP contribution in [0, 0.1) is 6.92 Å². The van der Waals surface area contributed by atoms with Crippen LogP contribution in [0.4, 0.5) is 5.69 Å². The zero-order valence-electron chi connectivity index (χ0n) is 17.3. The fraction of sp³-hybridized carbons (Fsp3) is 0.261. The SMILES string of the molecule is C=C1NC(=Nc2cc(OC)ccc2C)N(Cc2ccccc2)C=C1OC.CC. The van der Waals surface area contributed by atoms with Gasteiger partial charge in [-0.3, -0.25) is 0 Å². The molecule has 0 aliphatic carbocycles. The first kappa shape index (κ1) is 21.1. The molecule has 0 saturated carbocycles. The first-order chi connectivity index (χ1) is 13.6. The molecule has 3 rings (SSSR count). The minimum atomic E-state index is 0.663. The molecule has 5 heteroatoms. The predicted molar refractivity (Wildman–Crippen MR) is 116 cm³/mol. The Balaban J connectivity index is 0.00000136. The molecule has 148 valence electrons. The summed E-state index contributed by atoms with van der Waals surface area (Å²) in [5.74, 6) is 2.14. The molecule has 0 unspecified atom stereocenters. The highest BCUT2D eigenvalue weighted by molar-refractivity contribution is 5.87. The summed E-state index contributed by atoms with van der Waals surface area (Å²) in [6.45, 7) is 10.7. The second-order valence-corrected chi connectivity index (χ2v) is 6.00. The van der Waals surface area contributed by atoms with Crippen LogP contribution in [-0.2, 0) is 11.3 Å². The van der Waals surface area contributed by atoms with Crippen molar-refractivity contribution in [2.75, 3.05) is 14.2 Å². The van der Waals surface area contributed by atoms with E-state index in [1.807, 2.05) is 68.3 Å². The molecule has 0 amide bonds. The van der Waals surface area contributed by atoms with E-state index in [4.69, 9.17) is 14.5 Å². The number of nitrogens with zero attached hydrogens (tertiary/aromatic N) is 2. The monoisotopic (exact) mass is 379 g/mol. The zero-order chi connectivity index (χ0) is 20.5. The van der Waals surface area contributed by atoms with Crippen LogP contribution < -0.4 is 10.1 Å². The van der Waals surface area contributed by atoms with E-state index in [1.54, 1.807) is 14.2 Å². The van der Waals surface area contributed by atoms with Crippen LogP contribution in [0.15, 0.2) is 77.8 Å². The van der Waals surface area contributed by atoms with Gasteiger partial charge in [-0.15, -0.1) is 0 Å². The summed E-state index contributed by atoms with van der Waals surface area (Å²) < 4.78 is 10.7. The van der Waals surface area contributed by atoms with Crippen LogP contribution in [0.1, 0.15) is 25.0 Å². The maximum absolute atomic E-state index is 5.41. The van der Waals surface area contributed by atoms with E-state index in [9.17, 15) is 0 Å². The van der Waals surface area contributed by atoms with Crippen molar-refractivity contribution in [2.45, 2.75) is 27.3 Å². The summed E-state index contributed by atoms with van der Waals surface area (Å²) in [7, 11) is 3.28. The Morgan fingerprint density at radius 1 is 1.04 bits per heavy atom. The molecule has 0 radical (unpaired) electrons. The number of aryl methyl sites for hydroxylation is 1. The molecule has 0 bridgehead atoms. The van der Waals surface area contributed by atoms with E-state index >= 15 is 0 Å². The number of benzene rings is 2. The van der Waals surface area contributed by atoms with Crippen molar-refractivity contribution >= 4 is 11.6 Å². The molecule has 2 aromatic carbocycles. The average molecular weight is 380 g/mol. The van der Waals surface area contributed by atoms with Crippen molar-refractivity contribution in [2.24, 2.45) is 4.99 Å². The zero-order valence-corrected chi connectivity index (χ0v) is 17.3. The number of ether oxygens (including phenoxy) is 2. The van der Waals surface area contributed by atoms with Crippen LogP contribution in [0.3, 0.4) is 0 Å². The highest BCUT2D eigenvalue weighted by Gasteiger charge is 2.21. The van der Waals surface area contributed by atoms with Crippen molar-refractivity contribution in [3.8, 4) is 5.75 Å². The number of guanidine groups is 1. The fourth-order valence-electron chi connectivity index (χ4n) is 2.67. The summed E-state index contributed by atoms with van der Waals surface area (Å²) in [5.41, 5.74) is 3.75. The summed E-state index contributed by atoms with van der Waals surface area (Å²) in [5, 5.41) is 3.25. The number of nitrogens with one attached hydrogen (secondary N) is 1. The third kappa shape index (κ3) is 5.16. The van der Waals surface area contributed by atoms with Crippen LogP contribution in [0.5, 0.6) is 5.75 Å². The molecule has 0 atom stereocenters. The Morgan fingerprint density at radius 3 is 2.39 bits per heavy atom. The van der Waals surface area contributed by atoms with Gasteiger partial charge in [-0.1, -0.05) is 56.8 Å². The Morgan fingerprint density at radius 2 is 1.75 bits per heavy atom. The topological polar surface area (TPSA) is 46.1 Å². The molecular weight excluding hydrogens is 350 g/mol. The lowest BCUT2D eigenvalue weighted by Crippen LogP contribution is -2.41. The second kappa shape index (κ2) is 10.2. The highest BCUT2D eigenvalue weighted by Crippen LogP contribution is 2.26. The molecule has 1 aliphatic rings. The van der Waals surface area contributed by atoms with Gasteiger partial charge in [0.15, 0.2) is 5.76 Å². The third-order valence-corrected chi connectivity index (χ3v) is 4.16. The maximum atomic E-state index is 5.41. The number of hydrogen-bond acceptors (Lipinski definition) is 3. The molecule has 0 saturated heterocycles. The lowest BCUT2D eigenvalue weighted by molar-refractivity contribution is 0.282. The lowest BCUT2D eigenvalue weighted by Gasteiger charge is -2.30. The van der Waals surface area contributed by atoms with Gasteiger partial charge in [0.05, 0.1) is 38.3 Å². The lowest BCUT2D eigenvalue weighted by atomic mass is 10.2. The Labute approximate surface area is 168 Å². The molecule has 0 aromatic heterocycles. The van der Waals surface area contributed by atoms with Crippen LogP contribution in [-0.4, -0.2) is 25.1 Å². The number of aliphatic imine (C=N–C) groups is 1. The van der Waals surface area contributed by atoms with Gasteiger partial charge in [0.2, 0.25) is 5.96 Å². The van der Waals surface area contributed by atoms with Crippen molar-refractivity contribution in [1.29, 1.82) is 0 Å². The van der Waals surface area contributed by atoms with Crippen molar-refractivity contribution in [3.63, 3.8) is 0 Å². The Bertz CT molecular complexity index is 857. The van der Waals surface area contributed by atoms with E-state index < -0.39 is 0 Å². The fourth-order valence-corrected chi connectivity index (χ4v) is 2.67. The molecule has 1 heterocycles. The van der Waals surface area contributed by atoms with Crippen LogP contribution in [0.2, 0.25) is 0 Å². The normalized spacial score (nSPS) is 14.6. The average Bonchev–Trinajstić information content (AvgIpc) is 2.73.